The lowest BCUT2D eigenvalue weighted by Gasteiger charge is -2.20. The van der Waals surface area contributed by atoms with Gasteiger partial charge >= 0.3 is 0 Å². The van der Waals surface area contributed by atoms with Gasteiger partial charge in [0.25, 0.3) is 0 Å². The normalized spacial score (nSPS) is 27.8. The number of piperidine rings is 1. The monoisotopic (exact) mass is 127 g/mol. The molecule has 52 valence electrons. The second kappa shape index (κ2) is 3.67. The van der Waals surface area contributed by atoms with E-state index >= 15 is 0 Å². The fourth-order valence-corrected chi connectivity index (χ4v) is 1.35. The number of allylic oxidation sites excluding steroid dienone is 1. The van der Waals surface area contributed by atoms with Crippen LogP contribution in [0, 0.1) is 5.92 Å². The number of nitrogens with one attached hydrogen (secondary N) is 1. The first kappa shape index (κ1) is 6.81. The SMILES string of the molecule is C=CCC1CCN[14CH2]C1. The zero-order valence-corrected chi connectivity index (χ0v) is 5.90. The molecule has 1 heteroatoms. The highest BCUT2D eigenvalue weighted by Crippen LogP contribution is 2.15. The predicted molar refractivity (Wildman–Crippen MR) is 40.4 cm³/mol. The third kappa shape index (κ3) is 2.19. The molecule has 9 heavy (non-hydrogen) atoms. The molecule has 1 N–H and O–H groups in total. The largest absolute Gasteiger partial charge is 0.317 e. The molecule has 1 heterocycles. The summed E-state index contributed by atoms with van der Waals surface area (Å²) in [6, 6.07) is 0. The van der Waals surface area contributed by atoms with E-state index in [1.165, 1.54) is 32.4 Å². The Hall–Kier alpha value is -0.300. The molecule has 0 aromatic heterocycles. The molecule has 1 unspecified atom stereocenters. The number of hydrogen-bond acceptors (Lipinski definition) is 1. The zero-order chi connectivity index (χ0) is 6.53. The molecular formula is C8H15N. The van der Waals surface area contributed by atoms with Crippen LogP contribution in [0.3, 0.4) is 0 Å². The van der Waals surface area contributed by atoms with E-state index in [9.17, 15) is 0 Å². The van der Waals surface area contributed by atoms with Gasteiger partial charge in [-0.05, 0) is 38.3 Å². The lowest BCUT2D eigenvalue weighted by atomic mass is 10.0. The van der Waals surface area contributed by atoms with Gasteiger partial charge in [0, 0.05) is 0 Å². The van der Waals surface area contributed by atoms with Crippen molar-refractivity contribution in [3.05, 3.63) is 12.7 Å². The van der Waals surface area contributed by atoms with Crippen molar-refractivity contribution in [2.24, 2.45) is 5.92 Å². The third-order valence-electron chi connectivity index (χ3n) is 1.96. The van der Waals surface area contributed by atoms with Gasteiger partial charge in [-0.2, -0.15) is 0 Å². The van der Waals surface area contributed by atoms with Crippen molar-refractivity contribution in [1.82, 2.24) is 5.32 Å². The maximum absolute atomic E-state index is 3.73. The van der Waals surface area contributed by atoms with Crippen LogP contribution in [0.15, 0.2) is 12.7 Å². The Bertz CT molecular complexity index is 82.6. The lowest BCUT2D eigenvalue weighted by molar-refractivity contribution is 0.378. The minimum atomic E-state index is 0.920. The molecular weight excluding hydrogens is 112 g/mol. The van der Waals surface area contributed by atoms with E-state index in [-0.39, 0.29) is 0 Å². The Kier molecular flexibility index (Phi) is 2.78. The average Bonchev–Trinajstić information content (AvgIpc) is 1.91. The van der Waals surface area contributed by atoms with E-state index in [0.717, 1.165) is 5.92 Å². The van der Waals surface area contributed by atoms with Gasteiger partial charge in [0.2, 0.25) is 0 Å². The molecule has 0 spiro atoms. The summed E-state index contributed by atoms with van der Waals surface area (Å²) in [7, 11) is 0. The Morgan fingerprint density at radius 3 is 3.22 bits per heavy atom. The van der Waals surface area contributed by atoms with Gasteiger partial charge in [-0.1, -0.05) is 6.08 Å². The second-order valence-electron chi connectivity index (χ2n) is 2.72. The minimum Gasteiger partial charge on any atom is -0.317 e. The molecule has 1 rings (SSSR count). The first-order chi connectivity index (χ1) is 4.43. The van der Waals surface area contributed by atoms with Crippen molar-refractivity contribution in [3.8, 4) is 0 Å². The molecule has 1 fully saturated rings. The van der Waals surface area contributed by atoms with Crippen LogP contribution in [-0.4, -0.2) is 13.1 Å². The molecule has 0 bridgehead atoms. The third-order valence-corrected chi connectivity index (χ3v) is 1.96. The summed E-state index contributed by atoms with van der Waals surface area (Å²) in [5.74, 6) is 0.920. The fraction of sp³-hybridized carbons (Fsp3) is 0.750. The van der Waals surface area contributed by atoms with E-state index in [2.05, 4.69) is 11.9 Å². The van der Waals surface area contributed by atoms with Gasteiger partial charge in [-0.3, -0.25) is 0 Å². The van der Waals surface area contributed by atoms with Gasteiger partial charge in [-0.15, -0.1) is 6.58 Å². The minimum absolute atomic E-state index is 0.920. The average molecular weight is 127 g/mol. The van der Waals surface area contributed by atoms with Crippen molar-refractivity contribution in [2.75, 3.05) is 13.1 Å². The van der Waals surface area contributed by atoms with Crippen LogP contribution in [-0.2, 0) is 0 Å². The zero-order valence-electron chi connectivity index (χ0n) is 5.90. The van der Waals surface area contributed by atoms with Gasteiger partial charge < -0.3 is 5.32 Å². The molecule has 1 aliphatic heterocycles. The molecule has 1 aliphatic rings. The molecule has 0 aromatic rings. The molecule has 1 saturated heterocycles. The van der Waals surface area contributed by atoms with Crippen LogP contribution in [0.25, 0.3) is 0 Å². The Morgan fingerprint density at radius 1 is 1.78 bits per heavy atom. The second-order valence-corrected chi connectivity index (χ2v) is 2.72. The molecule has 0 radical (unpaired) electrons. The number of hydrogen-bond donors (Lipinski definition) is 1. The summed E-state index contributed by atoms with van der Waals surface area (Å²) >= 11 is 0. The Labute approximate surface area is 57.1 Å². The predicted octanol–water partition coefficient (Wildman–Crippen LogP) is 1.56. The summed E-state index contributed by atoms with van der Waals surface area (Å²) in [6.45, 7) is 6.15. The van der Waals surface area contributed by atoms with E-state index < -0.39 is 0 Å². The smallest absolute Gasteiger partial charge is 0.00462 e. The Balaban J connectivity index is 2.15. The van der Waals surface area contributed by atoms with E-state index in [1.807, 2.05) is 6.08 Å². The van der Waals surface area contributed by atoms with Crippen LogP contribution in [0.2, 0.25) is 0 Å². The highest BCUT2D eigenvalue weighted by molar-refractivity contribution is 4.76. The van der Waals surface area contributed by atoms with Gasteiger partial charge in [0.05, 0.1) is 0 Å². The summed E-state index contributed by atoms with van der Waals surface area (Å²) < 4.78 is 0. The summed E-state index contributed by atoms with van der Waals surface area (Å²) in [6.07, 6.45) is 5.93. The Morgan fingerprint density at radius 2 is 2.67 bits per heavy atom. The first-order valence-corrected chi connectivity index (χ1v) is 3.75. The van der Waals surface area contributed by atoms with E-state index in [4.69, 9.17) is 0 Å². The first-order valence-electron chi connectivity index (χ1n) is 3.75. The topological polar surface area (TPSA) is 12.0 Å². The maximum atomic E-state index is 3.73. The molecule has 0 aliphatic carbocycles. The molecule has 0 aromatic carbocycles. The highest BCUT2D eigenvalue weighted by atomic mass is 15.4. The van der Waals surface area contributed by atoms with Gasteiger partial charge in [-0.25, -0.2) is 0 Å². The van der Waals surface area contributed by atoms with Crippen LogP contribution < -0.4 is 5.32 Å². The quantitative estimate of drug-likeness (QED) is 0.555. The van der Waals surface area contributed by atoms with Crippen LogP contribution in [0.5, 0.6) is 0 Å². The fourth-order valence-electron chi connectivity index (χ4n) is 1.35. The standard InChI is InChI=1S/C8H15N/c1-2-3-8-4-6-9-7-5-8/h2,8-9H,1,3-7H2/i6+2. The van der Waals surface area contributed by atoms with Gasteiger partial charge in [0.1, 0.15) is 0 Å². The van der Waals surface area contributed by atoms with Crippen molar-refractivity contribution in [1.29, 1.82) is 0 Å². The molecule has 1 atom stereocenters. The summed E-state index contributed by atoms with van der Waals surface area (Å²) in [4.78, 5) is 0. The van der Waals surface area contributed by atoms with Crippen LogP contribution >= 0.6 is 0 Å². The highest BCUT2D eigenvalue weighted by Gasteiger charge is 2.09. The number of rotatable bonds is 2. The molecule has 1 nitrogen and oxygen atoms in total. The molecule has 0 amide bonds. The van der Waals surface area contributed by atoms with Crippen LogP contribution in [0.4, 0.5) is 0 Å². The van der Waals surface area contributed by atoms with Crippen molar-refractivity contribution in [2.45, 2.75) is 19.3 Å². The van der Waals surface area contributed by atoms with Crippen molar-refractivity contribution >= 4 is 0 Å². The van der Waals surface area contributed by atoms with E-state index in [0.29, 0.717) is 0 Å². The van der Waals surface area contributed by atoms with Gasteiger partial charge in [0.15, 0.2) is 0 Å². The summed E-state index contributed by atoms with van der Waals surface area (Å²) in [5, 5.41) is 3.34. The summed E-state index contributed by atoms with van der Waals surface area (Å²) in [5.41, 5.74) is 0. The lowest BCUT2D eigenvalue weighted by Crippen LogP contribution is -2.27. The van der Waals surface area contributed by atoms with E-state index in [1.54, 1.807) is 0 Å². The van der Waals surface area contributed by atoms with Crippen molar-refractivity contribution < 1.29 is 0 Å². The molecule has 0 saturated carbocycles. The maximum Gasteiger partial charge on any atom is -0.00462 e. The van der Waals surface area contributed by atoms with Crippen LogP contribution in [0.1, 0.15) is 19.3 Å². The van der Waals surface area contributed by atoms with Crippen molar-refractivity contribution in [3.63, 3.8) is 0 Å².